The molecule has 1 aromatic carbocycles. The molecule has 0 unspecified atom stereocenters. The number of carbonyl (C=O) groups is 3. The Kier molecular flexibility index (Phi) is 5.41. The van der Waals surface area contributed by atoms with E-state index in [1.54, 1.807) is 0 Å². The van der Waals surface area contributed by atoms with Crippen LogP contribution in [0.1, 0.15) is 24.8 Å². The highest BCUT2D eigenvalue weighted by Gasteiger charge is 2.55. The van der Waals surface area contributed by atoms with Crippen molar-refractivity contribution in [1.29, 1.82) is 0 Å². The molecule has 0 radical (unpaired) electrons. The molecule has 1 aromatic rings. The number of amides is 2. The summed E-state index contributed by atoms with van der Waals surface area (Å²) < 4.78 is 0. The minimum atomic E-state index is -1.70. The first-order valence-corrected chi connectivity index (χ1v) is 8.06. The topological polar surface area (TPSA) is 139 Å². The summed E-state index contributed by atoms with van der Waals surface area (Å²) in [4.78, 5) is 48.0. The van der Waals surface area contributed by atoms with Crippen LogP contribution < -0.4 is 10.6 Å². The molecule has 1 aliphatic carbocycles. The third-order valence-corrected chi connectivity index (χ3v) is 4.79. The highest BCUT2D eigenvalue weighted by Crippen LogP contribution is 2.46. The van der Waals surface area contributed by atoms with Crippen LogP contribution in [0.25, 0.3) is 0 Å². The molecule has 1 fully saturated rings. The number of ketones is 1. The van der Waals surface area contributed by atoms with E-state index >= 15 is 0 Å². The molecule has 1 aliphatic rings. The second kappa shape index (κ2) is 7.20. The van der Waals surface area contributed by atoms with Crippen molar-refractivity contribution in [3.05, 3.63) is 39.9 Å². The Morgan fingerprint density at radius 3 is 2.42 bits per heavy atom. The van der Waals surface area contributed by atoms with Gasteiger partial charge in [-0.1, -0.05) is 12.1 Å². The summed E-state index contributed by atoms with van der Waals surface area (Å²) in [5.74, 6) is -5.07. The van der Waals surface area contributed by atoms with Crippen molar-refractivity contribution in [2.24, 2.45) is 11.8 Å². The fourth-order valence-corrected chi connectivity index (χ4v) is 3.65. The van der Waals surface area contributed by atoms with Crippen molar-refractivity contribution in [2.45, 2.75) is 24.9 Å². The van der Waals surface area contributed by atoms with E-state index in [0.717, 1.165) is 0 Å². The lowest BCUT2D eigenvalue weighted by Crippen LogP contribution is -2.57. The molecule has 0 heterocycles. The fraction of sp³-hybridized carbons (Fsp3) is 0.471. The second-order valence-electron chi connectivity index (χ2n) is 6.56. The smallest absolute Gasteiger partial charge is 0.269 e. The Hall–Kier alpha value is -2.81. The van der Waals surface area contributed by atoms with E-state index in [1.165, 1.54) is 45.3 Å². The van der Waals surface area contributed by atoms with Crippen LogP contribution in [0.3, 0.4) is 0 Å². The number of benzene rings is 1. The highest BCUT2D eigenvalue weighted by atomic mass is 16.6. The molecule has 140 valence electrons. The molecule has 0 aromatic heterocycles. The number of hydrogen-bond donors (Lipinski definition) is 3. The average molecular weight is 363 g/mol. The predicted octanol–water partition coefficient (Wildman–Crippen LogP) is 0.127. The number of nitro benzene ring substituents is 1. The first-order chi connectivity index (χ1) is 12.1. The highest BCUT2D eigenvalue weighted by molar-refractivity contribution is 6.05. The molecule has 0 saturated heterocycles. The SMILES string of the molecule is CNC(=O)[C@H]1C(=O)C[C@@](C)(O)[C@@H](C(=O)NC)[C@H]1c1cccc([N+](=O)[O-])c1. The van der Waals surface area contributed by atoms with E-state index in [4.69, 9.17) is 0 Å². The summed E-state index contributed by atoms with van der Waals surface area (Å²) >= 11 is 0. The van der Waals surface area contributed by atoms with E-state index in [9.17, 15) is 29.6 Å². The predicted molar refractivity (Wildman–Crippen MR) is 91.2 cm³/mol. The summed E-state index contributed by atoms with van der Waals surface area (Å²) in [5, 5.41) is 26.7. The third-order valence-electron chi connectivity index (χ3n) is 4.79. The third kappa shape index (κ3) is 3.43. The molecule has 1 saturated carbocycles. The monoisotopic (exact) mass is 363 g/mol. The van der Waals surface area contributed by atoms with Gasteiger partial charge in [0.25, 0.3) is 5.69 Å². The van der Waals surface area contributed by atoms with Crippen molar-refractivity contribution < 1.29 is 24.4 Å². The van der Waals surface area contributed by atoms with Gasteiger partial charge in [-0.05, 0) is 12.5 Å². The lowest BCUT2D eigenvalue weighted by atomic mass is 9.61. The van der Waals surface area contributed by atoms with Gasteiger partial charge in [-0.15, -0.1) is 0 Å². The number of hydrogen-bond acceptors (Lipinski definition) is 6. The molecule has 3 N–H and O–H groups in total. The lowest BCUT2D eigenvalue weighted by Gasteiger charge is -2.44. The number of nitro groups is 1. The van der Waals surface area contributed by atoms with Crippen LogP contribution in [0, 0.1) is 22.0 Å². The molecular weight excluding hydrogens is 342 g/mol. The van der Waals surface area contributed by atoms with Crippen molar-refractivity contribution in [3.8, 4) is 0 Å². The molecule has 0 bridgehead atoms. The molecule has 9 nitrogen and oxygen atoms in total. The van der Waals surface area contributed by atoms with Crippen molar-refractivity contribution in [1.82, 2.24) is 10.6 Å². The number of non-ortho nitro benzene ring substituents is 1. The zero-order valence-electron chi connectivity index (χ0n) is 14.7. The van der Waals surface area contributed by atoms with Crippen molar-refractivity contribution in [3.63, 3.8) is 0 Å². The maximum atomic E-state index is 12.6. The minimum Gasteiger partial charge on any atom is -0.389 e. The summed E-state index contributed by atoms with van der Waals surface area (Å²) in [6.07, 6.45) is -0.366. The summed E-state index contributed by atoms with van der Waals surface area (Å²) in [6.45, 7) is 1.36. The molecule has 0 aliphatic heterocycles. The van der Waals surface area contributed by atoms with Gasteiger partial charge in [0.2, 0.25) is 11.8 Å². The van der Waals surface area contributed by atoms with Crippen LogP contribution in [0.4, 0.5) is 5.69 Å². The van der Waals surface area contributed by atoms with E-state index in [2.05, 4.69) is 10.6 Å². The molecule has 4 atom stereocenters. The maximum Gasteiger partial charge on any atom is 0.269 e. The van der Waals surface area contributed by atoms with E-state index in [0.29, 0.717) is 0 Å². The number of nitrogens with zero attached hydrogens (tertiary/aromatic N) is 1. The van der Waals surface area contributed by atoms with E-state index in [1.807, 2.05) is 0 Å². The van der Waals surface area contributed by atoms with Crippen LogP contribution in [0.5, 0.6) is 0 Å². The first kappa shape index (κ1) is 19.5. The number of aliphatic hydroxyl groups is 1. The van der Waals surface area contributed by atoms with Gasteiger partial charge in [-0.2, -0.15) is 0 Å². The molecule has 26 heavy (non-hydrogen) atoms. The lowest BCUT2D eigenvalue weighted by molar-refractivity contribution is -0.385. The molecule has 2 amide bonds. The summed E-state index contributed by atoms with van der Waals surface area (Å²) in [5.41, 5.74) is -1.65. The average Bonchev–Trinajstić information content (AvgIpc) is 2.59. The van der Waals surface area contributed by atoms with Crippen molar-refractivity contribution >= 4 is 23.3 Å². The molecular formula is C17H21N3O6. The first-order valence-electron chi connectivity index (χ1n) is 8.06. The van der Waals surface area contributed by atoms with Gasteiger partial charge in [0, 0.05) is 38.6 Å². The number of Topliss-reactive ketones (excluding diaryl/α,β-unsaturated/α-hetero) is 1. The van der Waals surface area contributed by atoms with Crippen LogP contribution in [0.15, 0.2) is 24.3 Å². The number of nitrogens with one attached hydrogen (secondary N) is 2. The largest absolute Gasteiger partial charge is 0.389 e. The van der Waals surface area contributed by atoms with Crippen LogP contribution >= 0.6 is 0 Å². The normalized spacial score (nSPS) is 28.3. The quantitative estimate of drug-likeness (QED) is 0.395. The zero-order valence-corrected chi connectivity index (χ0v) is 14.7. The summed E-state index contributed by atoms with van der Waals surface area (Å²) in [6, 6.07) is 5.43. The Bertz CT molecular complexity index is 761. The van der Waals surface area contributed by atoms with Gasteiger partial charge in [-0.25, -0.2) is 0 Å². The van der Waals surface area contributed by atoms with Gasteiger partial charge < -0.3 is 15.7 Å². The Morgan fingerprint density at radius 1 is 1.27 bits per heavy atom. The maximum absolute atomic E-state index is 12.6. The molecule has 9 heteroatoms. The molecule has 2 rings (SSSR count). The summed E-state index contributed by atoms with van der Waals surface area (Å²) in [7, 11) is 2.75. The fourth-order valence-electron chi connectivity index (χ4n) is 3.65. The van der Waals surface area contributed by atoms with Gasteiger partial charge >= 0.3 is 0 Å². The van der Waals surface area contributed by atoms with Gasteiger partial charge in [0.15, 0.2) is 0 Å². The van der Waals surface area contributed by atoms with Gasteiger partial charge in [0.1, 0.15) is 11.7 Å². The Balaban J connectivity index is 2.69. The van der Waals surface area contributed by atoms with Crippen LogP contribution in [-0.2, 0) is 14.4 Å². The zero-order chi connectivity index (χ0) is 19.6. The number of carbonyl (C=O) groups excluding carboxylic acids is 3. The minimum absolute atomic E-state index is 0.230. The number of rotatable bonds is 4. The van der Waals surface area contributed by atoms with Crippen LogP contribution in [-0.4, -0.2) is 47.3 Å². The van der Waals surface area contributed by atoms with Crippen molar-refractivity contribution in [2.75, 3.05) is 14.1 Å². The Morgan fingerprint density at radius 2 is 1.88 bits per heavy atom. The van der Waals surface area contributed by atoms with E-state index < -0.39 is 45.9 Å². The van der Waals surface area contributed by atoms with E-state index in [-0.39, 0.29) is 17.7 Å². The van der Waals surface area contributed by atoms with Gasteiger partial charge in [-0.3, -0.25) is 24.5 Å². The van der Waals surface area contributed by atoms with Crippen LogP contribution in [0.2, 0.25) is 0 Å². The van der Waals surface area contributed by atoms with Gasteiger partial charge in [0.05, 0.1) is 16.4 Å². The Labute approximate surface area is 149 Å². The second-order valence-corrected chi connectivity index (χ2v) is 6.56. The standard InChI is InChI=1S/C17H21N3O6/c1-17(24)8-11(21)13(15(22)18-2)12(14(17)16(23)19-3)9-5-4-6-10(7-9)20(25)26/h4-7,12-14,24H,8H2,1-3H3,(H,18,22)(H,19,23)/t12-,13-,14+,17+/m0/s1. The molecule has 0 spiro atoms.